The minimum absolute atomic E-state index is 0.608. The summed E-state index contributed by atoms with van der Waals surface area (Å²) in [6, 6.07) is 0.608. The van der Waals surface area contributed by atoms with Crippen LogP contribution in [0, 0.1) is 5.92 Å². The van der Waals surface area contributed by atoms with Crippen LogP contribution in [-0.2, 0) is 0 Å². The van der Waals surface area contributed by atoms with Crippen LogP contribution in [0.4, 0.5) is 5.95 Å². The van der Waals surface area contributed by atoms with Crippen LogP contribution in [-0.4, -0.2) is 16.0 Å². The van der Waals surface area contributed by atoms with E-state index in [4.69, 9.17) is 0 Å². The number of hydrogen-bond acceptors (Lipinski definition) is 3. The van der Waals surface area contributed by atoms with E-state index in [1.54, 1.807) is 12.4 Å². The summed E-state index contributed by atoms with van der Waals surface area (Å²) in [5.41, 5.74) is 0. The van der Waals surface area contributed by atoms with E-state index in [-0.39, 0.29) is 0 Å². The van der Waals surface area contributed by atoms with Crippen LogP contribution < -0.4 is 5.32 Å². The van der Waals surface area contributed by atoms with Gasteiger partial charge in [0.15, 0.2) is 0 Å². The fraction of sp³-hybridized carbons (Fsp3) is 0.600. The zero-order chi connectivity index (χ0) is 9.97. The van der Waals surface area contributed by atoms with Crippen LogP contribution >= 0.6 is 15.9 Å². The van der Waals surface area contributed by atoms with Crippen LogP contribution in [0.15, 0.2) is 16.9 Å². The molecule has 0 spiro atoms. The molecule has 3 nitrogen and oxygen atoms in total. The molecule has 0 aliphatic heterocycles. The quantitative estimate of drug-likeness (QED) is 0.900. The van der Waals surface area contributed by atoms with Gasteiger partial charge in [0, 0.05) is 18.4 Å². The van der Waals surface area contributed by atoms with Gasteiger partial charge in [0.2, 0.25) is 5.95 Å². The first-order valence-corrected chi connectivity index (χ1v) is 5.83. The van der Waals surface area contributed by atoms with E-state index in [0.29, 0.717) is 6.04 Å². The number of anilines is 1. The maximum atomic E-state index is 4.18. The molecule has 4 heteroatoms. The SMILES string of the molecule is CCCC1CC1Nc1ncc(Br)cn1. The summed E-state index contributed by atoms with van der Waals surface area (Å²) < 4.78 is 0.920. The van der Waals surface area contributed by atoms with Gasteiger partial charge in [-0.15, -0.1) is 0 Å². The Bertz CT molecular complexity index is 299. The van der Waals surface area contributed by atoms with Crippen LogP contribution in [0.3, 0.4) is 0 Å². The minimum atomic E-state index is 0.608. The summed E-state index contributed by atoms with van der Waals surface area (Å²) in [5.74, 6) is 1.59. The Balaban J connectivity index is 1.84. The zero-order valence-corrected chi connectivity index (χ0v) is 9.79. The summed E-state index contributed by atoms with van der Waals surface area (Å²) in [6.45, 7) is 2.23. The van der Waals surface area contributed by atoms with Crippen LogP contribution in [0.5, 0.6) is 0 Å². The molecule has 1 fully saturated rings. The van der Waals surface area contributed by atoms with E-state index in [9.17, 15) is 0 Å². The maximum Gasteiger partial charge on any atom is 0.222 e. The van der Waals surface area contributed by atoms with Crippen molar-refractivity contribution >= 4 is 21.9 Å². The highest BCUT2D eigenvalue weighted by molar-refractivity contribution is 9.10. The van der Waals surface area contributed by atoms with Crippen molar-refractivity contribution in [2.45, 2.75) is 32.2 Å². The molecule has 2 atom stereocenters. The molecule has 1 N–H and O–H groups in total. The topological polar surface area (TPSA) is 37.8 Å². The molecule has 0 radical (unpaired) electrons. The van der Waals surface area contributed by atoms with Gasteiger partial charge >= 0.3 is 0 Å². The molecule has 1 saturated carbocycles. The molecule has 1 aromatic rings. The zero-order valence-electron chi connectivity index (χ0n) is 8.20. The minimum Gasteiger partial charge on any atom is -0.351 e. The fourth-order valence-corrected chi connectivity index (χ4v) is 1.87. The molecule has 1 aliphatic carbocycles. The lowest BCUT2D eigenvalue weighted by Crippen LogP contribution is -2.07. The number of halogens is 1. The van der Waals surface area contributed by atoms with Gasteiger partial charge in [-0.2, -0.15) is 0 Å². The highest BCUT2D eigenvalue weighted by Crippen LogP contribution is 2.36. The third-order valence-electron chi connectivity index (χ3n) is 2.52. The van der Waals surface area contributed by atoms with Crippen LogP contribution in [0.25, 0.3) is 0 Å². The number of nitrogens with one attached hydrogen (secondary N) is 1. The van der Waals surface area contributed by atoms with Crippen LogP contribution in [0.1, 0.15) is 26.2 Å². The summed E-state index contributed by atoms with van der Waals surface area (Å²) in [7, 11) is 0. The molecule has 2 unspecified atom stereocenters. The Morgan fingerprint density at radius 3 is 2.86 bits per heavy atom. The molecule has 0 bridgehead atoms. The average molecular weight is 256 g/mol. The van der Waals surface area contributed by atoms with Gasteiger partial charge in [-0.25, -0.2) is 9.97 Å². The van der Waals surface area contributed by atoms with Gasteiger partial charge in [-0.1, -0.05) is 13.3 Å². The number of aromatic nitrogens is 2. The largest absolute Gasteiger partial charge is 0.351 e. The third kappa shape index (κ3) is 2.44. The first-order chi connectivity index (χ1) is 6.79. The molecule has 1 heterocycles. The molecular weight excluding hydrogens is 242 g/mol. The van der Waals surface area contributed by atoms with Gasteiger partial charge < -0.3 is 5.32 Å². The summed E-state index contributed by atoms with van der Waals surface area (Å²) >= 11 is 3.31. The van der Waals surface area contributed by atoms with E-state index in [0.717, 1.165) is 16.3 Å². The van der Waals surface area contributed by atoms with Crippen molar-refractivity contribution < 1.29 is 0 Å². The Labute approximate surface area is 92.5 Å². The summed E-state index contributed by atoms with van der Waals surface area (Å²) in [4.78, 5) is 8.37. The first-order valence-electron chi connectivity index (χ1n) is 5.03. The maximum absolute atomic E-state index is 4.18. The van der Waals surface area contributed by atoms with E-state index in [1.807, 2.05) is 0 Å². The van der Waals surface area contributed by atoms with Gasteiger partial charge in [0.25, 0.3) is 0 Å². The lowest BCUT2D eigenvalue weighted by Gasteiger charge is -2.02. The molecule has 76 valence electrons. The Morgan fingerprint density at radius 2 is 2.21 bits per heavy atom. The van der Waals surface area contributed by atoms with E-state index < -0.39 is 0 Å². The highest BCUT2D eigenvalue weighted by atomic mass is 79.9. The molecule has 1 aliphatic rings. The monoisotopic (exact) mass is 255 g/mol. The lowest BCUT2D eigenvalue weighted by atomic mass is 10.2. The Kier molecular flexibility index (Phi) is 3.01. The van der Waals surface area contributed by atoms with E-state index in [1.165, 1.54) is 19.3 Å². The van der Waals surface area contributed by atoms with Crippen LogP contribution in [0.2, 0.25) is 0 Å². The number of rotatable bonds is 4. The second-order valence-electron chi connectivity index (χ2n) is 3.76. The van der Waals surface area contributed by atoms with Crippen molar-refractivity contribution in [1.29, 1.82) is 0 Å². The van der Waals surface area contributed by atoms with Crippen molar-refractivity contribution in [3.05, 3.63) is 16.9 Å². The Morgan fingerprint density at radius 1 is 1.50 bits per heavy atom. The summed E-state index contributed by atoms with van der Waals surface area (Å²) in [5, 5.41) is 3.33. The smallest absolute Gasteiger partial charge is 0.222 e. The van der Waals surface area contributed by atoms with Crippen molar-refractivity contribution in [3.63, 3.8) is 0 Å². The summed E-state index contributed by atoms with van der Waals surface area (Å²) in [6.07, 6.45) is 7.39. The van der Waals surface area contributed by atoms with Crippen molar-refractivity contribution in [2.24, 2.45) is 5.92 Å². The first kappa shape index (κ1) is 9.90. The fourth-order valence-electron chi connectivity index (χ4n) is 1.67. The molecular formula is C10H14BrN3. The van der Waals surface area contributed by atoms with Crippen molar-refractivity contribution in [3.8, 4) is 0 Å². The second-order valence-corrected chi connectivity index (χ2v) is 4.68. The molecule has 1 aromatic heterocycles. The average Bonchev–Trinajstić information content (AvgIpc) is 2.89. The van der Waals surface area contributed by atoms with E-state index in [2.05, 4.69) is 38.1 Å². The van der Waals surface area contributed by atoms with Crippen molar-refractivity contribution in [1.82, 2.24) is 9.97 Å². The van der Waals surface area contributed by atoms with Gasteiger partial charge in [0.05, 0.1) is 4.47 Å². The lowest BCUT2D eigenvalue weighted by molar-refractivity contribution is 0.691. The van der Waals surface area contributed by atoms with E-state index >= 15 is 0 Å². The predicted molar refractivity (Wildman–Crippen MR) is 60.2 cm³/mol. The molecule has 0 amide bonds. The molecule has 14 heavy (non-hydrogen) atoms. The van der Waals surface area contributed by atoms with Gasteiger partial charge in [-0.3, -0.25) is 0 Å². The Hall–Kier alpha value is -0.640. The standard InChI is InChI=1S/C10H14BrN3/c1-2-3-7-4-9(7)14-10-12-5-8(11)6-13-10/h5-7,9H,2-4H2,1H3,(H,12,13,14). The highest BCUT2D eigenvalue weighted by Gasteiger charge is 2.36. The molecule has 2 rings (SSSR count). The number of nitrogens with zero attached hydrogens (tertiary/aromatic N) is 2. The van der Waals surface area contributed by atoms with Gasteiger partial charge in [-0.05, 0) is 34.7 Å². The third-order valence-corrected chi connectivity index (χ3v) is 2.93. The number of hydrogen-bond donors (Lipinski definition) is 1. The second kappa shape index (κ2) is 4.26. The molecule has 0 saturated heterocycles. The predicted octanol–water partition coefficient (Wildman–Crippen LogP) is 2.84. The van der Waals surface area contributed by atoms with Gasteiger partial charge in [0.1, 0.15) is 0 Å². The normalized spacial score (nSPS) is 24.7. The molecule has 0 aromatic carbocycles. The van der Waals surface area contributed by atoms with Crippen molar-refractivity contribution in [2.75, 3.05) is 5.32 Å².